The van der Waals surface area contributed by atoms with Gasteiger partial charge in [0.1, 0.15) is 29.2 Å². The number of esters is 1. The summed E-state index contributed by atoms with van der Waals surface area (Å²) in [6, 6.07) is 7.83. The second-order valence-electron chi connectivity index (χ2n) is 12.7. The van der Waals surface area contributed by atoms with E-state index in [2.05, 4.69) is 26.7 Å². The molecule has 1 amide bonds. The van der Waals surface area contributed by atoms with Gasteiger partial charge in [0.15, 0.2) is 5.82 Å². The average molecular weight is 613 g/mol. The van der Waals surface area contributed by atoms with Gasteiger partial charge < -0.3 is 34.7 Å². The van der Waals surface area contributed by atoms with Crippen LogP contribution in [0.5, 0.6) is 0 Å². The molecule has 0 aliphatic carbocycles. The lowest BCUT2D eigenvalue weighted by atomic mass is 10.1. The fourth-order valence-corrected chi connectivity index (χ4v) is 5.17. The Morgan fingerprint density at radius 2 is 1.70 bits per heavy atom. The summed E-state index contributed by atoms with van der Waals surface area (Å²) in [5.41, 5.74) is 7.32. The Morgan fingerprint density at radius 3 is 2.41 bits per heavy atom. The first-order valence-electron chi connectivity index (χ1n) is 15.9. The third-order valence-corrected chi connectivity index (χ3v) is 7.18. The van der Waals surface area contributed by atoms with Crippen LogP contribution >= 0.6 is 0 Å². The Morgan fingerprint density at radius 1 is 0.977 bits per heavy atom. The van der Waals surface area contributed by atoms with Crippen molar-refractivity contribution in [3.63, 3.8) is 0 Å². The van der Waals surface area contributed by atoms with E-state index in [1.807, 2.05) is 65.8 Å². The lowest BCUT2D eigenvalue weighted by Crippen LogP contribution is -2.34. The van der Waals surface area contributed by atoms with Gasteiger partial charge in [-0.3, -0.25) is 4.79 Å². The first kappa shape index (κ1) is 35.0. The number of unbranched alkanes of at least 4 members (excludes halogenated alkanes) is 2. The molecule has 11 nitrogen and oxygen atoms in total. The zero-order chi connectivity index (χ0) is 32.3. The molecule has 0 fully saturated rings. The first-order chi connectivity index (χ1) is 20.8. The number of carbonyl (C=O) groups is 2. The SMILES string of the molecule is CCOCc1nc2c(N)nc3ccccc3c2n1CC(C)(C)OC(=O)CCCCCN(CC)CCCNC(=O)OC(C)(C)C. The molecule has 244 valence electrons. The van der Waals surface area contributed by atoms with Crippen LogP contribution in [0.2, 0.25) is 0 Å². The molecular formula is C33H52N6O5. The summed E-state index contributed by atoms with van der Waals surface area (Å²) in [5, 5.41) is 3.75. The van der Waals surface area contributed by atoms with Crippen molar-refractivity contribution in [1.29, 1.82) is 0 Å². The maximum Gasteiger partial charge on any atom is 0.407 e. The number of rotatable bonds is 17. The number of anilines is 1. The van der Waals surface area contributed by atoms with Gasteiger partial charge in [-0.15, -0.1) is 0 Å². The lowest BCUT2D eigenvalue weighted by Gasteiger charge is -2.27. The Kier molecular flexibility index (Phi) is 12.8. The highest BCUT2D eigenvalue weighted by Gasteiger charge is 2.27. The van der Waals surface area contributed by atoms with Gasteiger partial charge in [0.25, 0.3) is 0 Å². The van der Waals surface area contributed by atoms with Gasteiger partial charge in [-0.1, -0.05) is 31.5 Å². The van der Waals surface area contributed by atoms with Crippen LogP contribution in [0.25, 0.3) is 21.9 Å². The van der Waals surface area contributed by atoms with Gasteiger partial charge in [0.05, 0.1) is 17.6 Å². The fourth-order valence-electron chi connectivity index (χ4n) is 5.17. The minimum atomic E-state index is -0.781. The van der Waals surface area contributed by atoms with Crippen LogP contribution in [-0.2, 0) is 32.2 Å². The highest BCUT2D eigenvalue weighted by molar-refractivity contribution is 6.06. The summed E-state index contributed by atoms with van der Waals surface area (Å²) in [6.45, 7) is 18.1. The molecule has 2 heterocycles. The van der Waals surface area contributed by atoms with E-state index in [-0.39, 0.29) is 12.1 Å². The van der Waals surface area contributed by atoms with E-state index in [4.69, 9.17) is 24.9 Å². The van der Waals surface area contributed by atoms with Crippen molar-refractivity contribution < 1.29 is 23.8 Å². The maximum absolute atomic E-state index is 12.9. The minimum Gasteiger partial charge on any atom is -0.458 e. The van der Waals surface area contributed by atoms with Crippen LogP contribution in [0.1, 0.15) is 86.4 Å². The van der Waals surface area contributed by atoms with Gasteiger partial charge >= 0.3 is 12.1 Å². The molecule has 0 unspecified atom stereocenters. The Balaban J connectivity index is 1.49. The number of pyridine rings is 1. The van der Waals surface area contributed by atoms with E-state index in [1.54, 1.807) is 0 Å². The minimum absolute atomic E-state index is 0.211. The number of carbonyl (C=O) groups excluding carboxylic acids is 2. The summed E-state index contributed by atoms with van der Waals surface area (Å²) < 4.78 is 19.0. The van der Waals surface area contributed by atoms with Crippen molar-refractivity contribution in [2.75, 3.05) is 38.5 Å². The molecule has 3 rings (SSSR count). The molecular weight excluding hydrogens is 560 g/mol. The van der Waals surface area contributed by atoms with E-state index in [1.165, 1.54) is 0 Å². The number of nitrogens with two attached hydrogens (primary N) is 1. The summed E-state index contributed by atoms with van der Waals surface area (Å²) in [5.74, 6) is 0.874. The summed E-state index contributed by atoms with van der Waals surface area (Å²) in [4.78, 5) is 36.4. The Bertz CT molecular complexity index is 1380. The second kappa shape index (κ2) is 16.0. The third-order valence-electron chi connectivity index (χ3n) is 7.18. The fraction of sp³-hybridized carbons (Fsp3) is 0.636. The molecule has 11 heteroatoms. The molecule has 0 atom stereocenters. The van der Waals surface area contributed by atoms with Gasteiger partial charge in [-0.25, -0.2) is 14.8 Å². The van der Waals surface area contributed by atoms with Crippen LogP contribution in [0.3, 0.4) is 0 Å². The van der Waals surface area contributed by atoms with Crippen molar-refractivity contribution in [2.24, 2.45) is 0 Å². The molecule has 0 bridgehead atoms. The number of aromatic nitrogens is 3. The highest BCUT2D eigenvalue weighted by atomic mass is 16.6. The molecule has 3 N–H and O–H groups in total. The summed E-state index contributed by atoms with van der Waals surface area (Å²) >= 11 is 0. The number of nitrogens with one attached hydrogen (secondary N) is 1. The van der Waals surface area contributed by atoms with Crippen molar-refractivity contribution in [2.45, 2.75) is 105 Å². The lowest BCUT2D eigenvalue weighted by molar-refractivity contribution is -0.157. The normalized spacial score (nSPS) is 12.3. The number of nitrogen functional groups attached to an aromatic ring is 1. The molecule has 3 aromatic rings. The summed E-state index contributed by atoms with van der Waals surface area (Å²) in [6.07, 6.45) is 3.54. The van der Waals surface area contributed by atoms with Crippen LogP contribution in [-0.4, -0.2) is 75.5 Å². The topological polar surface area (TPSA) is 134 Å². The van der Waals surface area contributed by atoms with Gasteiger partial charge in [0.2, 0.25) is 0 Å². The predicted molar refractivity (Wildman–Crippen MR) is 174 cm³/mol. The number of nitrogens with zero attached hydrogens (tertiary/aromatic N) is 4. The van der Waals surface area contributed by atoms with E-state index >= 15 is 0 Å². The highest BCUT2D eigenvalue weighted by Crippen LogP contribution is 2.31. The van der Waals surface area contributed by atoms with Gasteiger partial charge in [-0.2, -0.15) is 0 Å². The molecule has 44 heavy (non-hydrogen) atoms. The Labute approximate surface area is 261 Å². The van der Waals surface area contributed by atoms with Gasteiger partial charge in [-0.05, 0) is 86.5 Å². The summed E-state index contributed by atoms with van der Waals surface area (Å²) in [7, 11) is 0. The van der Waals surface area contributed by atoms with E-state index in [0.717, 1.165) is 67.6 Å². The number of imidazole rings is 1. The molecule has 1 aromatic carbocycles. The average Bonchev–Trinajstić information content (AvgIpc) is 3.29. The quantitative estimate of drug-likeness (QED) is 0.143. The zero-order valence-corrected chi connectivity index (χ0v) is 27.7. The Hall–Kier alpha value is -3.44. The number of amides is 1. The number of hydrogen-bond donors (Lipinski definition) is 2. The third kappa shape index (κ3) is 10.6. The molecule has 0 saturated heterocycles. The van der Waals surface area contributed by atoms with Gasteiger partial charge in [0, 0.05) is 25.0 Å². The molecule has 2 aromatic heterocycles. The zero-order valence-electron chi connectivity index (χ0n) is 27.7. The number of alkyl carbamates (subject to hydrolysis) is 1. The van der Waals surface area contributed by atoms with E-state index in [0.29, 0.717) is 44.1 Å². The maximum atomic E-state index is 12.9. The van der Waals surface area contributed by atoms with Crippen LogP contribution in [0.4, 0.5) is 10.6 Å². The number of para-hydroxylation sites is 1. The van der Waals surface area contributed by atoms with Crippen LogP contribution < -0.4 is 11.1 Å². The van der Waals surface area contributed by atoms with E-state index < -0.39 is 11.2 Å². The van der Waals surface area contributed by atoms with Crippen LogP contribution in [0, 0.1) is 0 Å². The standard InChI is InChI=1S/C33H52N6O5/c1-8-38(21-15-19-35-31(41)44-32(3,4)5)20-14-10-11-18-27(40)43-33(6,7)23-39-26(22-42-9-2)37-28-29(39)24-16-12-13-17-25(24)36-30(28)34/h12-13,16-17H,8-11,14-15,18-23H2,1-7H3,(H2,34,36)(H,35,41). The second-order valence-corrected chi connectivity index (χ2v) is 12.7. The van der Waals surface area contributed by atoms with Crippen molar-refractivity contribution >= 4 is 39.8 Å². The predicted octanol–water partition coefficient (Wildman–Crippen LogP) is 5.82. The smallest absolute Gasteiger partial charge is 0.407 e. The number of fused-ring (bicyclic) bond motifs is 3. The molecule has 0 saturated carbocycles. The van der Waals surface area contributed by atoms with Crippen molar-refractivity contribution in [3.8, 4) is 0 Å². The number of benzene rings is 1. The van der Waals surface area contributed by atoms with Crippen molar-refractivity contribution in [1.82, 2.24) is 24.8 Å². The molecule has 0 aliphatic heterocycles. The monoisotopic (exact) mass is 612 g/mol. The first-order valence-corrected chi connectivity index (χ1v) is 15.9. The molecule has 0 radical (unpaired) electrons. The van der Waals surface area contributed by atoms with Crippen LogP contribution in [0.15, 0.2) is 24.3 Å². The number of hydrogen-bond acceptors (Lipinski definition) is 9. The largest absolute Gasteiger partial charge is 0.458 e. The molecule has 0 spiro atoms. The number of ether oxygens (including phenoxy) is 3. The van der Waals surface area contributed by atoms with Crippen molar-refractivity contribution in [3.05, 3.63) is 30.1 Å². The van der Waals surface area contributed by atoms with E-state index in [9.17, 15) is 9.59 Å². The molecule has 0 aliphatic rings.